The first kappa shape index (κ1) is 9.79. The molecule has 72 valence electrons. The molecular formula is C7H6F3NO2. The number of H-pyrrole nitrogens is 1. The van der Waals surface area contributed by atoms with E-state index in [0.717, 1.165) is 6.07 Å². The van der Waals surface area contributed by atoms with Crippen molar-refractivity contribution in [3.8, 4) is 0 Å². The minimum atomic E-state index is -4.65. The van der Waals surface area contributed by atoms with E-state index >= 15 is 0 Å². The van der Waals surface area contributed by atoms with Gasteiger partial charge in [0.05, 0.1) is 6.61 Å². The summed E-state index contributed by atoms with van der Waals surface area (Å²) in [5, 5.41) is 8.50. The number of halogens is 3. The van der Waals surface area contributed by atoms with Gasteiger partial charge in [0, 0.05) is 18.0 Å². The van der Waals surface area contributed by atoms with Gasteiger partial charge >= 0.3 is 6.18 Å². The normalized spacial score (nSPS) is 11.7. The molecule has 1 rings (SSSR count). The highest BCUT2D eigenvalue weighted by Crippen LogP contribution is 2.25. The third kappa shape index (κ3) is 2.09. The number of aliphatic hydroxyl groups excluding tert-OH is 1. The van der Waals surface area contributed by atoms with Gasteiger partial charge in [-0.2, -0.15) is 13.2 Å². The Morgan fingerprint density at radius 3 is 2.46 bits per heavy atom. The molecular weight excluding hydrogens is 187 g/mol. The van der Waals surface area contributed by atoms with Crippen molar-refractivity contribution in [2.24, 2.45) is 0 Å². The number of pyridine rings is 1. The third-order valence-electron chi connectivity index (χ3n) is 1.45. The van der Waals surface area contributed by atoms with Gasteiger partial charge in [-0.1, -0.05) is 0 Å². The summed E-state index contributed by atoms with van der Waals surface area (Å²) >= 11 is 0. The summed E-state index contributed by atoms with van der Waals surface area (Å²) in [4.78, 5) is 13.0. The molecule has 0 radical (unpaired) electrons. The average Bonchev–Trinajstić information content (AvgIpc) is 2.01. The molecule has 0 saturated carbocycles. The van der Waals surface area contributed by atoms with E-state index in [2.05, 4.69) is 4.98 Å². The van der Waals surface area contributed by atoms with E-state index in [0.29, 0.717) is 6.20 Å². The van der Waals surface area contributed by atoms with Crippen LogP contribution in [-0.4, -0.2) is 10.1 Å². The van der Waals surface area contributed by atoms with E-state index in [9.17, 15) is 18.0 Å². The lowest BCUT2D eigenvalue weighted by Crippen LogP contribution is -2.19. The lowest BCUT2D eigenvalue weighted by molar-refractivity contribution is -0.138. The van der Waals surface area contributed by atoms with Gasteiger partial charge in [0.1, 0.15) is 5.56 Å². The summed E-state index contributed by atoms with van der Waals surface area (Å²) in [7, 11) is 0. The molecule has 0 fully saturated rings. The summed E-state index contributed by atoms with van der Waals surface area (Å²) in [5.41, 5.74) is -2.35. The zero-order valence-corrected chi connectivity index (χ0v) is 6.35. The fraction of sp³-hybridized carbons (Fsp3) is 0.286. The molecule has 0 atom stereocenters. The molecule has 3 nitrogen and oxygen atoms in total. The Balaban J connectivity index is 3.21. The quantitative estimate of drug-likeness (QED) is 0.695. The molecule has 0 amide bonds. The van der Waals surface area contributed by atoms with Gasteiger partial charge in [-0.05, 0) is 0 Å². The molecule has 13 heavy (non-hydrogen) atoms. The van der Waals surface area contributed by atoms with Gasteiger partial charge < -0.3 is 10.1 Å². The molecule has 0 aromatic carbocycles. The second kappa shape index (κ2) is 3.21. The highest BCUT2D eigenvalue weighted by molar-refractivity contribution is 5.16. The van der Waals surface area contributed by atoms with Crippen LogP contribution in [0.4, 0.5) is 13.2 Å². The Labute approximate surface area is 70.8 Å². The first-order valence-electron chi connectivity index (χ1n) is 3.35. The maximum atomic E-state index is 12.0. The lowest BCUT2D eigenvalue weighted by atomic mass is 10.2. The van der Waals surface area contributed by atoms with Crippen LogP contribution in [0.5, 0.6) is 0 Å². The van der Waals surface area contributed by atoms with E-state index in [-0.39, 0.29) is 5.69 Å². The van der Waals surface area contributed by atoms with Crippen molar-refractivity contribution in [3.63, 3.8) is 0 Å². The van der Waals surface area contributed by atoms with Crippen LogP contribution in [0.1, 0.15) is 11.3 Å². The minimum absolute atomic E-state index is 0.0537. The van der Waals surface area contributed by atoms with Crippen molar-refractivity contribution in [1.29, 1.82) is 0 Å². The molecule has 2 N–H and O–H groups in total. The predicted molar refractivity (Wildman–Crippen MR) is 38.0 cm³/mol. The van der Waals surface area contributed by atoms with E-state index in [1.54, 1.807) is 0 Å². The van der Waals surface area contributed by atoms with Gasteiger partial charge in [-0.25, -0.2) is 0 Å². The monoisotopic (exact) mass is 193 g/mol. The number of aromatic amines is 1. The van der Waals surface area contributed by atoms with Crippen LogP contribution in [0.25, 0.3) is 0 Å². The fourth-order valence-corrected chi connectivity index (χ4v) is 0.826. The molecule has 1 aromatic heterocycles. The first-order chi connectivity index (χ1) is 5.95. The first-order valence-corrected chi connectivity index (χ1v) is 3.35. The minimum Gasteiger partial charge on any atom is -0.390 e. The second-order valence-electron chi connectivity index (χ2n) is 2.39. The maximum absolute atomic E-state index is 12.0. The molecule has 6 heteroatoms. The van der Waals surface area contributed by atoms with E-state index in [4.69, 9.17) is 5.11 Å². The van der Waals surface area contributed by atoms with Gasteiger partial charge in [-0.3, -0.25) is 4.79 Å². The van der Waals surface area contributed by atoms with Crippen molar-refractivity contribution in [2.75, 3.05) is 0 Å². The second-order valence-corrected chi connectivity index (χ2v) is 2.39. The number of hydrogen-bond donors (Lipinski definition) is 2. The average molecular weight is 193 g/mol. The Morgan fingerprint density at radius 2 is 2.08 bits per heavy atom. The van der Waals surface area contributed by atoms with Crippen LogP contribution in [0.2, 0.25) is 0 Å². The van der Waals surface area contributed by atoms with E-state index in [1.165, 1.54) is 0 Å². The fourth-order valence-electron chi connectivity index (χ4n) is 0.826. The van der Waals surface area contributed by atoms with Gasteiger partial charge in [-0.15, -0.1) is 0 Å². The van der Waals surface area contributed by atoms with Crippen molar-refractivity contribution in [1.82, 2.24) is 4.98 Å². The zero-order chi connectivity index (χ0) is 10.1. The van der Waals surface area contributed by atoms with Crippen LogP contribution in [-0.2, 0) is 12.8 Å². The van der Waals surface area contributed by atoms with Crippen LogP contribution in [0.3, 0.4) is 0 Å². The molecule has 0 bridgehead atoms. The number of aromatic nitrogens is 1. The Morgan fingerprint density at radius 1 is 1.46 bits per heavy atom. The number of hydrogen-bond acceptors (Lipinski definition) is 2. The van der Waals surface area contributed by atoms with Crippen molar-refractivity contribution >= 4 is 0 Å². The van der Waals surface area contributed by atoms with E-state index in [1.807, 2.05) is 0 Å². The predicted octanol–water partition coefficient (Wildman–Crippen LogP) is 0.886. The molecule has 1 heterocycles. The zero-order valence-electron chi connectivity index (χ0n) is 6.35. The van der Waals surface area contributed by atoms with Crippen molar-refractivity contribution in [3.05, 3.63) is 33.7 Å². The van der Waals surface area contributed by atoms with Crippen LogP contribution >= 0.6 is 0 Å². The largest absolute Gasteiger partial charge is 0.421 e. The van der Waals surface area contributed by atoms with E-state index < -0.39 is 23.8 Å². The third-order valence-corrected chi connectivity index (χ3v) is 1.45. The molecule has 1 aromatic rings. The summed E-state index contributed by atoms with van der Waals surface area (Å²) in [5.74, 6) is 0. The van der Waals surface area contributed by atoms with Crippen LogP contribution < -0.4 is 5.43 Å². The summed E-state index contributed by atoms with van der Waals surface area (Å²) < 4.78 is 36.0. The van der Waals surface area contributed by atoms with Gasteiger partial charge in [0.2, 0.25) is 0 Å². The van der Waals surface area contributed by atoms with Gasteiger partial charge in [0.25, 0.3) is 0 Å². The smallest absolute Gasteiger partial charge is 0.390 e. The topological polar surface area (TPSA) is 53.1 Å². The van der Waals surface area contributed by atoms with Gasteiger partial charge in [0.15, 0.2) is 5.43 Å². The molecule has 0 aliphatic rings. The number of nitrogens with one attached hydrogen (secondary N) is 1. The SMILES string of the molecule is O=c1cc(CO)[nH]cc1C(F)(F)F. The highest BCUT2D eigenvalue weighted by Gasteiger charge is 2.33. The Kier molecular flexibility index (Phi) is 2.42. The van der Waals surface area contributed by atoms with Crippen molar-refractivity contribution in [2.45, 2.75) is 12.8 Å². The summed E-state index contributed by atoms with van der Waals surface area (Å²) in [6.45, 7) is -0.493. The number of aliphatic hydroxyl groups is 1. The standard InChI is InChI=1S/C7H6F3NO2/c8-7(9,10)5-2-11-4(3-12)1-6(5)13/h1-2,12H,3H2,(H,11,13). The summed E-state index contributed by atoms with van der Waals surface area (Å²) in [6, 6.07) is 0.725. The number of alkyl halides is 3. The molecule has 0 aliphatic heterocycles. The summed E-state index contributed by atoms with van der Waals surface area (Å²) in [6.07, 6.45) is -4.10. The Hall–Kier alpha value is -1.30. The van der Waals surface area contributed by atoms with Crippen molar-refractivity contribution < 1.29 is 18.3 Å². The Bertz CT molecular complexity index is 355. The molecule has 0 saturated heterocycles. The number of rotatable bonds is 1. The molecule has 0 aliphatic carbocycles. The molecule has 0 unspecified atom stereocenters. The lowest BCUT2D eigenvalue weighted by Gasteiger charge is -2.05. The maximum Gasteiger partial charge on any atom is 0.421 e. The van der Waals surface area contributed by atoms with Crippen LogP contribution in [0.15, 0.2) is 17.1 Å². The molecule has 0 spiro atoms. The highest BCUT2D eigenvalue weighted by atomic mass is 19.4. The van der Waals surface area contributed by atoms with Crippen LogP contribution in [0, 0.1) is 0 Å².